The van der Waals surface area contributed by atoms with Crippen molar-refractivity contribution in [2.45, 2.75) is 27.7 Å². The van der Waals surface area contributed by atoms with Gasteiger partial charge in [-0.15, -0.1) is 5.73 Å². The number of Topliss-reactive ketones (excluding diaryl/α,β-unsaturated/α-hetero) is 2. The van der Waals surface area contributed by atoms with Gasteiger partial charge in [-0.25, -0.2) is 0 Å². The lowest BCUT2D eigenvalue weighted by molar-refractivity contribution is 0.0973. The highest BCUT2D eigenvalue weighted by Gasteiger charge is 2.33. The molecule has 1 aromatic carbocycles. The van der Waals surface area contributed by atoms with Crippen molar-refractivity contribution in [3.63, 3.8) is 0 Å². The van der Waals surface area contributed by atoms with E-state index in [-0.39, 0.29) is 17.0 Å². The molecular formula is C20H18O2. The largest absolute Gasteiger partial charge is 0.289 e. The van der Waals surface area contributed by atoms with Gasteiger partial charge < -0.3 is 0 Å². The van der Waals surface area contributed by atoms with Crippen molar-refractivity contribution in [1.82, 2.24) is 0 Å². The van der Waals surface area contributed by atoms with Gasteiger partial charge in [0.1, 0.15) is 0 Å². The first kappa shape index (κ1) is 14.5. The summed E-state index contributed by atoms with van der Waals surface area (Å²) in [6.07, 6.45) is 3.86. The third-order valence-electron chi connectivity index (χ3n) is 4.02. The van der Waals surface area contributed by atoms with Gasteiger partial charge in [-0.3, -0.25) is 9.59 Å². The third-order valence-corrected chi connectivity index (χ3v) is 4.02. The van der Waals surface area contributed by atoms with Crippen LogP contribution in [0, 0.1) is 5.41 Å². The molecule has 110 valence electrons. The average molecular weight is 290 g/mol. The minimum atomic E-state index is -0.121. The standard InChI is InChI=1S/C20H18O2/c1-12-9-13(20(2,3)4)11-17-16(10-12)18(21)14-7-5-6-8-15(14)19(17)22/h5-9,11H,1-4H3. The van der Waals surface area contributed by atoms with Crippen LogP contribution < -0.4 is 0 Å². The average Bonchev–Trinajstić information content (AvgIpc) is 2.64. The predicted octanol–water partition coefficient (Wildman–Crippen LogP) is 4.45. The Balaban J connectivity index is 2.30. The maximum atomic E-state index is 12.8. The summed E-state index contributed by atoms with van der Waals surface area (Å²) in [5.41, 5.74) is 6.72. The summed E-state index contributed by atoms with van der Waals surface area (Å²) in [6, 6.07) is 7.00. The van der Waals surface area contributed by atoms with Gasteiger partial charge in [-0.1, -0.05) is 45.0 Å². The van der Waals surface area contributed by atoms with Crippen LogP contribution >= 0.6 is 0 Å². The zero-order chi connectivity index (χ0) is 16.1. The zero-order valence-electron chi connectivity index (χ0n) is 13.3. The fourth-order valence-corrected chi connectivity index (χ4v) is 2.75. The van der Waals surface area contributed by atoms with Crippen molar-refractivity contribution in [3.8, 4) is 0 Å². The van der Waals surface area contributed by atoms with Crippen LogP contribution in [0.25, 0.3) is 0 Å². The zero-order valence-corrected chi connectivity index (χ0v) is 13.3. The summed E-state index contributed by atoms with van der Waals surface area (Å²) < 4.78 is 0. The van der Waals surface area contributed by atoms with Crippen molar-refractivity contribution in [2.24, 2.45) is 5.41 Å². The number of hydrogen-bond acceptors (Lipinski definition) is 2. The van der Waals surface area contributed by atoms with Gasteiger partial charge in [-0.05, 0) is 35.6 Å². The van der Waals surface area contributed by atoms with Crippen molar-refractivity contribution in [3.05, 3.63) is 75.6 Å². The molecule has 0 saturated carbocycles. The molecule has 0 atom stereocenters. The number of ketones is 2. The van der Waals surface area contributed by atoms with Gasteiger partial charge in [0.2, 0.25) is 5.78 Å². The second kappa shape index (κ2) is 4.79. The lowest BCUT2D eigenvalue weighted by Gasteiger charge is -2.22. The van der Waals surface area contributed by atoms with E-state index in [9.17, 15) is 9.59 Å². The molecular weight excluding hydrogens is 272 g/mol. The molecule has 0 aromatic heterocycles. The number of carbonyl (C=O) groups excluding carboxylic acids is 2. The van der Waals surface area contributed by atoms with E-state index < -0.39 is 0 Å². The van der Waals surface area contributed by atoms with Crippen LogP contribution in [-0.4, -0.2) is 11.6 Å². The van der Waals surface area contributed by atoms with E-state index in [0.29, 0.717) is 22.3 Å². The third kappa shape index (κ3) is 2.22. The van der Waals surface area contributed by atoms with Crippen LogP contribution in [0.3, 0.4) is 0 Å². The molecule has 1 aromatic rings. The van der Waals surface area contributed by atoms with Crippen LogP contribution in [0.15, 0.2) is 64.4 Å². The van der Waals surface area contributed by atoms with Crippen molar-refractivity contribution in [1.29, 1.82) is 0 Å². The number of fused-ring (bicyclic) bond motifs is 2. The van der Waals surface area contributed by atoms with Crippen molar-refractivity contribution in [2.75, 3.05) is 0 Å². The maximum absolute atomic E-state index is 12.8. The molecule has 0 unspecified atom stereocenters. The Morgan fingerprint density at radius 1 is 0.909 bits per heavy atom. The molecule has 0 bridgehead atoms. The highest BCUT2D eigenvalue weighted by atomic mass is 16.1. The van der Waals surface area contributed by atoms with Gasteiger partial charge in [-0.2, -0.15) is 0 Å². The molecule has 2 heteroatoms. The first-order valence-corrected chi connectivity index (χ1v) is 7.39. The van der Waals surface area contributed by atoms with Gasteiger partial charge in [0, 0.05) is 16.7 Å². The monoisotopic (exact) mass is 290 g/mol. The topological polar surface area (TPSA) is 34.1 Å². The maximum Gasteiger partial charge on any atom is 0.202 e. The minimum absolute atomic E-state index is 0.0949. The van der Waals surface area contributed by atoms with E-state index >= 15 is 0 Å². The van der Waals surface area contributed by atoms with Gasteiger partial charge >= 0.3 is 0 Å². The summed E-state index contributed by atoms with van der Waals surface area (Å²) in [7, 11) is 0. The number of carbonyl (C=O) groups is 2. The Morgan fingerprint density at radius 2 is 1.50 bits per heavy atom. The molecule has 0 N–H and O–H groups in total. The van der Waals surface area contributed by atoms with E-state index in [2.05, 4.69) is 26.5 Å². The normalized spacial score (nSPS) is 17.6. The van der Waals surface area contributed by atoms with Crippen molar-refractivity contribution < 1.29 is 9.59 Å². The molecule has 2 nitrogen and oxygen atoms in total. The summed E-state index contributed by atoms with van der Waals surface area (Å²) in [5, 5.41) is 0. The first-order chi connectivity index (χ1) is 10.3. The van der Waals surface area contributed by atoms with E-state index in [1.165, 1.54) is 0 Å². The van der Waals surface area contributed by atoms with Crippen LogP contribution in [0.1, 0.15) is 48.4 Å². The van der Waals surface area contributed by atoms with E-state index in [4.69, 9.17) is 0 Å². The van der Waals surface area contributed by atoms with Crippen LogP contribution in [0.5, 0.6) is 0 Å². The summed E-state index contributed by atoms with van der Waals surface area (Å²) in [6.45, 7) is 8.19. The molecule has 22 heavy (non-hydrogen) atoms. The minimum Gasteiger partial charge on any atom is -0.289 e. The number of rotatable bonds is 0. The molecule has 0 amide bonds. The van der Waals surface area contributed by atoms with E-state index in [1.807, 2.05) is 19.1 Å². The molecule has 0 fully saturated rings. The Labute approximate surface area is 130 Å². The molecule has 0 spiro atoms. The number of allylic oxidation sites excluding steroid dienone is 5. The highest BCUT2D eigenvalue weighted by Crippen LogP contribution is 2.36. The highest BCUT2D eigenvalue weighted by molar-refractivity contribution is 6.31. The van der Waals surface area contributed by atoms with E-state index in [0.717, 1.165) is 11.1 Å². The Kier molecular flexibility index (Phi) is 3.16. The second-order valence-corrected chi connectivity index (χ2v) is 6.79. The Bertz CT molecular complexity index is 833. The SMILES string of the molecule is CC1=C=C2C(=O)c3ccccc3C(=O)C2=CC(C(C)(C)C)=C1. The van der Waals surface area contributed by atoms with Gasteiger partial charge in [0.25, 0.3) is 0 Å². The van der Waals surface area contributed by atoms with Crippen LogP contribution in [0.2, 0.25) is 0 Å². The quantitative estimate of drug-likeness (QED) is 0.661. The molecule has 2 aliphatic rings. The lowest BCUT2D eigenvalue weighted by Crippen LogP contribution is -2.22. The predicted molar refractivity (Wildman–Crippen MR) is 86.9 cm³/mol. The van der Waals surface area contributed by atoms with Crippen molar-refractivity contribution >= 4 is 11.6 Å². The molecule has 2 aliphatic carbocycles. The summed E-state index contributed by atoms with van der Waals surface area (Å²) >= 11 is 0. The molecule has 3 rings (SSSR count). The molecule has 0 aliphatic heterocycles. The molecule has 0 saturated heterocycles. The number of benzene rings is 1. The van der Waals surface area contributed by atoms with Crippen LogP contribution in [-0.2, 0) is 0 Å². The van der Waals surface area contributed by atoms with E-state index in [1.54, 1.807) is 24.3 Å². The first-order valence-electron chi connectivity index (χ1n) is 7.39. The molecule has 0 radical (unpaired) electrons. The Morgan fingerprint density at radius 3 is 2.09 bits per heavy atom. The van der Waals surface area contributed by atoms with Gasteiger partial charge in [0.05, 0.1) is 5.57 Å². The van der Waals surface area contributed by atoms with Crippen LogP contribution in [0.4, 0.5) is 0 Å². The van der Waals surface area contributed by atoms with Gasteiger partial charge in [0.15, 0.2) is 5.78 Å². The number of hydrogen-bond donors (Lipinski definition) is 0. The smallest absolute Gasteiger partial charge is 0.202 e. The fourth-order valence-electron chi connectivity index (χ4n) is 2.75. The molecule has 0 heterocycles. The fraction of sp³-hybridized carbons (Fsp3) is 0.250. The summed E-state index contributed by atoms with van der Waals surface area (Å²) in [5.74, 6) is -0.216. The second-order valence-electron chi connectivity index (χ2n) is 6.79. The lowest BCUT2D eigenvalue weighted by atomic mass is 9.79. The summed E-state index contributed by atoms with van der Waals surface area (Å²) in [4.78, 5) is 25.5. The Hall–Kier alpha value is -2.44.